The Labute approximate surface area is 103 Å². The van der Waals surface area contributed by atoms with Gasteiger partial charge < -0.3 is 9.84 Å². The van der Waals surface area contributed by atoms with E-state index in [1.54, 1.807) is 0 Å². The van der Waals surface area contributed by atoms with Crippen molar-refractivity contribution in [1.82, 2.24) is 0 Å². The van der Waals surface area contributed by atoms with Crippen molar-refractivity contribution >= 4 is 33.5 Å². The Morgan fingerprint density at radius 2 is 2.31 bits per heavy atom. The maximum absolute atomic E-state index is 10.8. The SMILES string of the molecule is CC(=O)OC(CCC1CCSS1)CC(=O)O. The molecule has 4 nitrogen and oxygen atoms in total. The quantitative estimate of drug-likeness (QED) is 0.587. The Morgan fingerprint density at radius 3 is 2.81 bits per heavy atom. The van der Waals surface area contributed by atoms with Crippen LogP contribution in [0, 0.1) is 0 Å². The summed E-state index contributed by atoms with van der Waals surface area (Å²) in [6.07, 6.45) is 2.16. The summed E-state index contributed by atoms with van der Waals surface area (Å²) in [6.45, 7) is 1.31. The lowest BCUT2D eigenvalue weighted by Gasteiger charge is -2.16. The second-order valence-electron chi connectivity index (χ2n) is 3.74. The summed E-state index contributed by atoms with van der Waals surface area (Å²) in [6, 6.07) is 0. The van der Waals surface area contributed by atoms with Crippen molar-refractivity contribution in [2.75, 3.05) is 5.75 Å². The van der Waals surface area contributed by atoms with Crippen LogP contribution in [0.5, 0.6) is 0 Å². The fourth-order valence-electron chi connectivity index (χ4n) is 1.57. The number of carboxylic acid groups (broad SMARTS) is 1. The van der Waals surface area contributed by atoms with Crippen LogP contribution in [0.2, 0.25) is 0 Å². The highest BCUT2D eigenvalue weighted by Crippen LogP contribution is 2.40. The predicted octanol–water partition coefficient (Wildman–Crippen LogP) is 2.33. The fraction of sp³-hybridized carbons (Fsp3) is 0.800. The van der Waals surface area contributed by atoms with E-state index in [0.717, 1.165) is 18.6 Å². The van der Waals surface area contributed by atoms with E-state index in [-0.39, 0.29) is 6.42 Å². The molecule has 1 heterocycles. The van der Waals surface area contributed by atoms with Gasteiger partial charge in [0.2, 0.25) is 0 Å². The first kappa shape index (κ1) is 13.7. The number of carbonyl (C=O) groups excluding carboxylic acids is 1. The van der Waals surface area contributed by atoms with Gasteiger partial charge in [-0.2, -0.15) is 0 Å². The second-order valence-corrected chi connectivity index (χ2v) is 6.52. The Kier molecular flexibility index (Phi) is 6.05. The molecule has 0 bridgehead atoms. The monoisotopic (exact) mass is 264 g/mol. The van der Waals surface area contributed by atoms with Crippen molar-refractivity contribution in [3.8, 4) is 0 Å². The minimum atomic E-state index is -0.917. The zero-order valence-corrected chi connectivity index (χ0v) is 10.8. The Hall–Kier alpha value is -0.360. The van der Waals surface area contributed by atoms with Gasteiger partial charge in [0, 0.05) is 17.9 Å². The van der Waals surface area contributed by atoms with Crippen LogP contribution in [-0.2, 0) is 14.3 Å². The third-order valence-electron chi connectivity index (χ3n) is 2.27. The second kappa shape index (κ2) is 7.06. The molecule has 0 amide bonds. The molecule has 2 atom stereocenters. The molecule has 1 rings (SSSR count). The van der Waals surface area contributed by atoms with Gasteiger partial charge in [-0.1, -0.05) is 21.6 Å². The number of esters is 1. The maximum Gasteiger partial charge on any atom is 0.307 e. The van der Waals surface area contributed by atoms with E-state index < -0.39 is 18.0 Å². The van der Waals surface area contributed by atoms with Crippen LogP contribution in [-0.4, -0.2) is 34.2 Å². The molecule has 0 aromatic carbocycles. The average Bonchev–Trinajstić information content (AvgIpc) is 2.64. The molecule has 0 aromatic heterocycles. The predicted molar refractivity (Wildman–Crippen MR) is 65.5 cm³/mol. The van der Waals surface area contributed by atoms with E-state index >= 15 is 0 Å². The molecule has 6 heteroatoms. The molecule has 0 saturated carbocycles. The summed E-state index contributed by atoms with van der Waals surface area (Å²) >= 11 is 0. The number of carboxylic acids is 1. The van der Waals surface area contributed by atoms with Gasteiger partial charge in [-0.25, -0.2) is 0 Å². The first-order valence-corrected chi connectivity index (χ1v) is 7.63. The lowest BCUT2D eigenvalue weighted by Crippen LogP contribution is -2.21. The van der Waals surface area contributed by atoms with Crippen molar-refractivity contribution in [2.45, 2.75) is 44.0 Å². The molecule has 1 fully saturated rings. The molecule has 0 aromatic rings. The molecule has 0 aliphatic carbocycles. The van der Waals surface area contributed by atoms with Crippen LogP contribution in [0.4, 0.5) is 0 Å². The van der Waals surface area contributed by atoms with Gasteiger partial charge in [0.15, 0.2) is 0 Å². The van der Waals surface area contributed by atoms with E-state index in [1.807, 2.05) is 21.6 Å². The lowest BCUT2D eigenvalue weighted by molar-refractivity contribution is -0.151. The molecule has 1 saturated heterocycles. The van der Waals surface area contributed by atoms with Crippen molar-refractivity contribution in [3.05, 3.63) is 0 Å². The molecular formula is C10H16O4S2. The Balaban J connectivity index is 2.30. The van der Waals surface area contributed by atoms with Crippen molar-refractivity contribution in [3.63, 3.8) is 0 Å². The number of carbonyl (C=O) groups is 2. The zero-order valence-electron chi connectivity index (χ0n) is 9.18. The first-order valence-electron chi connectivity index (χ1n) is 5.25. The van der Waals surface area contributed by atoms with Crippen molar-refractivity contribution < 1.29 is 19.4 Å². The Morgan fingerprint density at radius 1 is 1.56 bits per heavy atom. The van der Waals surface area contributed by atoms with Gasteiger partial charge in [0.1, 0.15) is 6.10 Å². The molecule has 0 spiro atoms. The highest BCUT2D eigenvalue weighted by Gasteiger charge is 2.21. The van der Waals surface area contributed by atoms with Crippen LogP contribution in [0.3, 0.4) is 0 Å². The topological polar surface area (TPSA) is 63.6 Å². The highest BCUT2D eigenvalue weighted by molar-refractivity contribution is 8.77. The maximum atomic E-state index is 10.8. The molecule has 1 aliphatic heterocycles. The van der Waals surface area contributed by atoms with Gasteiger partial charge in [-0.05, 0) is 19.3 Å². The highest BCUT2D eigenvalue weighted by atomic mass is 33.1. The van der Waals surface area contributed by atoms with Crippen molar-refractivity contribution in [2.24, 2.45) is 0 Å². The number of hydrogen-bond acceptors (Lipinski definition) is 5. The number of hydrogen-bond donors (Lipinski definition) is 1. The van der Waals surface area contributed by atoms with Gasteiger partial charge in [0.25, 0.3) is 0 Å². The zero-order chi connectivity index (χ0) is 12.0. The molecule has 0 radical (unpaired) electrons. The number of rotatable bonds is 6. The summed E-state index contributed by atoms with van der Waals surface area (Å²) < 4.78 is 4.99. The smallest absolute Gasteiger partial charge is 0.307 e. The van der Waals surface area contributed by atoms with Gasteiger partial charge in [-0.15, -0.1) is 0 Å². The minimum absolute atomic E-state index is 0.0931. The van der Waals surface area contributed by atoms with Crippen LogP contribution >= 0.6 is 21.6 Å². The van der Waals surface area contributed by atoms with Crippen molar-refractivity contribution in [1.29, 1.82) is 0 Å². The van der Waals surface area contributed by atoms with Crippen LogP contribution in [0.25, 0.3) is 0 Å². The summed E-state index contributed by atoms with van der Waals surface area (Å²) in [5, 5.41) is 9.27. The summed E-state index contributed by atoms with van der Waals surface area (Å²) in [4.78, 5) is 21.4. The lowest BCUT2D eigenvalue weighted by atomic mass is 10.1. The van der Waals surface area contributed by atoms with E-state index in [2.05, 4.69) is 0 Å². The molecule has 1 aliphatic rings. The summed E-state index contributed by atoms with van der Waals surface area (Å²) in [5.41, 5.74) is 0. The van der Waals surface area contributed by atoms with Crippen LogP contribution in [0.15, 0.2) is 0 Å². The molecular weight excluding hydrogens is 248 g/mol. The Bertz CT molecular complexity index is 235. The van der Waals surface area contributed by atoms with E-state index in [4.69, 9.17) is 9.84 Å². The first-order chi connectivity index (χ1) is 7.58. The minimum Gasteiger partial charge on any atom is -0.481 e. The summed E-state index contributed by atoms with van der Waals surface area (Å²) in [7, 11) is 3.71. The van der Waals surface area contributed by atoms with Gasteiger partial charge in [-0.3, -0.25) is 9.59 Å². The standard InChI is InChI=1S/C10H16O4S2/c1-7(11)14-8(6-10(12)13)2-3-9-4-5-15-16-9/h8-9H,2-6H2,1H3,(H,12,13). The van der Waals surface area contributed by atoms with Crippen LogP contribution in [0.1, 0.15) is 32.6 Å². The van der Waals surface area contributed by atoms with E-state index in [9.17, 15) is 9.59 Å². The van der Waals surface area contributed by atoms with E-state index in [1.165, 1.54) is 6.92 Å². The molecule has 2 unspecified atom stereocenters. The fourth-order valence-corrected chi connectivity index (χ4v) is 4.57. The van der Waals surface area contributed by atoms with Gasteiger partial charge >= 0.3 is 11.9 Å². The number of ether oxygens (including phenoxy) is 1. The number of aliphatic carboxylic acids is 1. The average molecular weight is 264 g/mol. The molecule has 92 valence electrons. The van der Waals surface area contributed by atoms with Crippen LogP contribution < -0.4 is 0 Å². The summed E-state index contributed by atoms with van der Waals surface area (Å²) in [5.74, 6) is -0.161. The van der Waals surface area contributed by atoms with Gasteiger partial charge in [0.05, 0.1) is 6.42 Å². The third-order valence-corrected chi connectivity index (χ3v) is 5.28. The largest absolute Gasteiger partial charge is 0.481 e. The normalized spacial score (nSPS) is 21.7. The van der Waals surface area contributed by atoms with E-state index in [0.29, 0.717) is 11.7 Å². The molecule has 16 heavy (non-hydrogen) atoms. The third kappa shape index (κ3) is 5.65. The molecule has 1 N–H and O–H groups in total.